The number of rotatable bonds is 5. The summed E-state index contributed by atoms with van der Waals surface area (Å²) in [5.74, 6) is -1.56. The Morgan fingerprint density at radius 1 is 1.35 bits per heavy atom. The molecule has 0 bridgehead atoms. The van der Waals surface area contributed by atoms with Crippen molar-refractivity contribution >= 4 is 15.9 Å². The Bertz CT molecular complexity index is 846. The number of nitrogens with two attached hydrogens (primary N) is 1. The number of carbonyl (C=O) groups excluding carboxylic acids is 1. The van der Waals surface area contributed by atoms with E-state index < -0.39 is 21.7 Å². The summed E-state index contributed by atoms with van der Waals surface area (Å²) in [5.41, 5.74) is 1.84. The topological polar surface area (TPSA) is 107 Å². The van der Waals surface area contributed by atoms with Crippen LogP contribution in [0.5, 0.6) is 0 Å². The molecule has 0 aliphatic carbocycles. The van der Waals surface area contributed by atoms with Crippen molar-refractivity contribution in [1.29, 1.82) is 0 Å². The molecular formula is C14H17FN4O3S. The van der Waals surface area contributed by atoms with Crippen LogP contribution in [0, 0.1) is 19.7 Å². The lowest BCUT2D eigenvalue weighted by atomic mass is 10.2. The average molecular weight is 340 g/mol. The number of halogens is 1. The van der Waals surface area contributed by atoms with E-state index in [-0.39, 0.29) is 23.5 Å². The largest absolute Gasteiger partial charge is 0.351 e. The van der Waals surface area contributed by atoms with Crippen molar-refractivity contribution in [3.63, 3.8) is 0 Å². The van der Waals surface area contributed by atoms with Gasteiger partial charge in [0.05, 0.1) is 11.4 Å². The van der Waals surface area contributed by atoms with Gasteiger partial charge in [-0.25, -0.2) is 22.6 Å². The van der Waals surface area contributed by atoms with Crippen LogP contribution in [0.4, 0.5) is 4.39 Å². The smallest absolute Gasteiger partial charge is 0.251 e. The van der Waals surface area contributed by atoms with Crippen LogP contribution in [-0.2, 0) is 10.0 Å². The summed E-state index contributed by atoms with van der Waals surface area (Å²) in [4.78, 5) is 11.9. The number of nitrogens with one attached hydrogen (secondary N) is 1. The molecule has 0 fully saturated rings. The van der Waals surface area contributed by atoms with Crippen molar-refractivity contribution in [1.82, 2.24) is 15.1 Å². The van der Waals surface area contributed by atoms with Crippen LogP contribution < -0.4 is 10.5 Å². The van der Waals surface area contributed by atoms with Crippen LogP contribution in [0.25, 0.3) is 5.69 Å². The zero-order valence-corrected chi connectivity index (χ0v) is 13.5. The van der Waals surface area contributed by atoms with Crippen LogP contribution >= 0.6 is 0 Å². The van der Waals surface area contributed by atoms with Gasteiger partial charge in [-0.2, -0.15) is 5.10 Å². The SMILES string of the molecule is Cc1cc(C)n(-c2ccc(C(=O)NCCS(N)(=O)=O)cc2F)n1. The Morgan fingerprint density at radius 3 is 2.57 bits per heavy atom. The Morgan fingerprint density at radius 2 is 2.04 bits per heavy atom. The molecule has 0 saturated carbocycles. The first-order valence-corrected chi connectivity index (χ1v) is 8.51. The maximum absolute atomic E-state index is 14.2. The molecular weight excluding hydrogens is 323 g/mol. The molecule has 1 heterocycles. The third-order valence-electron chi connectivity index (χ3n) is 3.12. The van der Waals surface area contributed by atoms with E-state index in [9.17, 15) is 17.6 Å². The third-order valence-corrected chi connectivity index (χ3v) is 3.89. The maximum atomic E-state index is 14.2. The van der Waals surface area contributed by atoms with E-state index in [0.29, 0.717) is 0 Å². The molecule has 7 nitrogen and oxygen atoms in total. The molecule has 0 aliphatic heterocycles. The van der Waals surface area contributed by atoms with E-state index in [1.54, 1.807) is 13.8 Å². The van der Waals surface area contributed by atoms with Gasteiger partial charge in [-0.15, -0.1) is 0 Å². The van der Waals surface area contributed by atoms with E-state index in [0.717, 1.165) is 17.5 Å². The number of carbonyl (C=O) groups is 1. The van der Waals surface area contributed by atoms with Gasteiger partial charge >= 0.3 is 0 Å². The summed E-state index contributed by atoms with van der Waals surface area (Å²) in [6.07, 6.45) is 0. The van der Waals surface area contributed by atoms with Crippen molar-refractivity contribution in [3.8, 4) is 5.69 Å². The number of amides is 1. The number of sulfonamides is 1. The Balaban J connectivity index is 2.16. The zero-order valence-electron chi connectivity index (χ0n) is 12.7. The van der Waals surface area contributed by atoms with E-state index in [4.69, 9.17) is 5.14 Å². The predicted molar refractivity (Wildman–Crippen MR) is 83.3 cm³/mol. The minimum absolute atomic E-state index is 0.0854. The van der Waals surface area contributed by atoms with E-state index in [1.807, 2.05) is 6.07 Å². The Labute approximate surface area is 133 Å². The standard InChI is InChI=1S/C14H17FN4O3S/c1-9-7-10(2)19(18-9)13-4-3-11(8-12(13)15)14(20)17-5-6-23(16,21)22/h3-4,7-8H,5-6H2,1-2H3,(H,17,20)(H2,16,21,22). The fourth-order valence-electron chi connectivity index (χ4n) is 2.10. The molecule has 0 radical (unpaired) electrons. The average Bonchev–Trinajstić information content (AvgIpc) is 2.76. The maximum Gasteiger partial charge on any atom is 0.251 e. The lowest BCUT2D eigenvalue weighted by molar-refractivity contribution is 0.0955. The summed E-state index contributed by atoms with van der Waals surface area (Å²) < 4.78 is 37.3. The van der Waals surface area contributed by atoms with Crippen molar-refractivity contribution < 1.29 is 17.6 Å². The van der Waals surface area contributed by atoms with Crippen molar-refractivity contribution in [2.24, 2.45) is 5.14 Å². The first-order chi connectivity index (χ1) is 10.7. The molecule has 0 aliphatic rings. The molecule has 0 saturated heterocycles. The fourth-order valence-corrected chi connectivity index (χ4v) is 2.49. The fraction of sp³-hybridized carbons (Fsp3) is 0.286. The van der Waals surface area contributed by atoms with Crippen LogP contribution in [0.3, 0.4) is 0 Å². The minimum atomic E-state index is -3.66. The minimum Gasteiger partial charge on any atom is -0.351 e. The lowest BCUT2D eigenvalue weighted by Crippen LogP contribution is -2.31. The monoisotopic (exact) mass is 340 g/mol. The van der Waals surface area contributed by atoms with Crippen molar-refractivity contribution in [3.05, 3.63) is 47.0 Å². The first-order valence-electron chi connectivity index (χ1n) is 6.79. The van der Waals surface area contributed by atoms with E-state index >= 15 is 0 Å². The highest BCUT2D eigenvalue weighted by Gasteiger charge is 2.13. The zero-order chi connectivity index (χ0) is 17.2. The van der Waals surface area contributed by atoms with Gasteiger partial charge in [0.1, 0.15) is 11.5 Å². The number of benzene rings is 1. The van der Waals surface area contributed by atoms with Gasteiger partial charge in [0.15, 0.2) is 0 Å². The number of aryl methyl sites for hydroxylation is 2. The van der Waals surface area contributed by atoms with Crippen LogP contribution in [0.1, 0.15) is 21.7 Å². The second kappa shape index (κ2) is 6.47. The molecule has 1 aromatic carbocycles. The van der Waals surface area contributed by atoms with Gasteiger partial charge in [0, 0.05) is 17.8 Å². The van der Waals surface area contributed by atoms with E-state index in [2.05, 4.69) is 10.4 Å². The molecule has 1 amide bonds. The number of nitrogens with zero attached hydrogens (tertiary/aromatic N) is 2. The number of aromatic nitrogens is 2. The highest BCUT2D eigenvalue weighted by atomic mass is 32.2. The summed E-state index contributed by atoms with van der Waals surface area (Å²) >= 11 is 0. The van der Waals surface area contributed by atoms with Crippen LogP contribution in [-0.4, -0.2) is 36.4 Å². The highest BCUT2D eigenvalue weighted by Crippen LogP contribution is 2.17. The number of hydrogen-bond acceptors (Lipinski definition) is 4. The molecule has 0 spiro atoms. The molecule has 23 heavy (non-hydrogen) atoms. The van der Waals surface area contributed by atoms with Crippen LogP contribution in [0.15, 0.2) is 24.3 Å². The highest BCUT2D eigenvalue weighted by molar-refractivity contribution is 7.89. The second-order valence-corrected chi connectivity index (χ2v) is 6.86. The van der Waals surface area contributed by atoms with Gasteiger partial charge < -0.3 is 5.32 Å². The summed E-state index contributed by atoms with van der Waals surface area (Å²) in [5, 5.41) is 11.4. The van der Waals surface area contributed by atoms with Gasteiger partial charge in [-0.3, -0.25) is 4.79 Å². The lowest BCUT2D eigenvalue weighted by Gasteiger charge is -2.08. The van der Waals surface area contributed by atoms with Gasteiger partial charge in [-0.05, 0) is 38.1 Å². The summed E-state index contributed by atoms with van der Waals surface area (Å²) in [7, 11) is -3.66. The Hall–Kier alpha value is -2.26. The van der Waals surface area contributed by atoms with Crippen molar-refractivity contribution in [2.45, 2.75) is 13.8 Å². The normalized spacial score (nSPS) is 11.5. The molecule has 2 aromatic rings. The second-order valence-electron chi connectivity index (χ2n) is 5.13. The summed E-state index contributed by atoms with van der Waals surface area (Å²) in [6, 6.07) is 5.79. The third kappa shape index (κ3) is 4.36. The Kier molecular flexibility index (Phi) is 4.81. The van der Waals surface area contributed by atoms with Gasteiger partial charge in [-0.1, -0.05) is 0 Å². The quantitative estimate of drug-likeness (QED) is 0.833. The van der Waals surface area contributed by atoms with E-state index in [1.165, 1.54) is 16.8 Å². The number of primary sulfonamides is 1. The van der Waals surface area contributed by atoms with Crippen molar-refractivity contribution in [2.75, 3.05) is 12.3 Å². The predicted octanol–water partition coefficient (Wildman–Crippen LogP) is 0.647. The summed E-state index contributed by atoms with van der Waals surface area (Å²) in [6.45, 7) is 3.46. The molecule has 124 valence electrons. The number of hydrogen-bond donors (Lipinski definition) is 2. The molecule has 3 N–H and O–H groups in total. The van der Waals surface area contributed by atoms with Gasteiger partial charge in [0.25, 0.3) is 5.91 Å². The molecule has 1 aromatic heterocycles. The first kappa shape index (κ1) is 17.1. The van der Waals surface area contributed by atoms with Crippen LogP contribution in [0.2, 0.25) is 0 Å². The van der Waals surface area contributed by atoms with Gasteiger partial charge in [0.2, 0.25) is 10.0 Å². The molecule has 0 atom stereocenters. The molecule has 9 heteroatoms. The molecule has 0 unspecified atom stereocenters. The molecule has 2 rings (SSSR count).